The number of rotatable bonds is 19. The van der Waals surface area contributed by atoms with E-state index in [2.05, 4.69) is 309 Å². The second-order valence-electron chi connectivity index (χ2n) is 28.8. The second kappa shape index (κ2) is 34.5. The van der Waals surface area contributed by atoms with Crippen molar-refractivity contribution < 1.29 is 4.57 Å². The summed E-state index contributed by atoms with van der Waals surface area (Å²) < 4.78 is 13.3. The molecule has 0 atom stereocenters. The monoisotopic (exact) mass is 1510 g/mol. The standard InChI is InChI=1S/C55H42N3OP.C53H37N3/c1-60(2,59)50-30-18-29-46(38-50)48-35-47(36-49(37-48)55-57-53(44-25-14-6-15-26-44)56-54(58-55)45-27-16-7-17-28-45)39-31-33-43(34-32-39)52(42-23-12-5-13-24-42)51(40-19-8-3-9-20-40)41-21-10-4-11-22-41;1-6-17-41(18-7-1)49(42-19-8-2-9-20-42)50(43-21-10-3-11-22-43)48-28-16-27-47(37-48)40-31-29-38(30-32-40)39-33-35-46(36-34-39)53-55-51(44-23-12-4-13-24-44)54-52(56-53)45-25-14-5-15-26-45/h3-38H,1-2H3;1-37H. The molecule has 16 aromatic carbocycles. The zero-order valence-corrected chi connectivity index (χ0v) is 65.1. The summed E-state index contributed by atoms with van der Waals surface area (Å²) in [7, 11) is -2.52. The Morgan fingerprint density at radius 3 is 0.681 bits per heavy atom. The minimum atomic E-state index is -2.52. The van der Waals surface area contributed by atoms with Crippen molar-refractivity contribution in [2.75, 3.05) is 13.3 Å². The fourth-order valence-corrected chi connectivity index (χ4v) is 15.7. The Hall–Kier alpha value is -14.8. The number of hydrogen-bond acceptors (Lipinski definition) is 7. The first-order valence-electron chi connectivity index (χ1n) is 38.9. The van der Waals surface area contributed by atoms with Crippen LogP contribution in [0.4, 0.5) is 0 Å². The molecular weight excluding hydrogens is 1430 g/mol. The molecule has 0 N–H and O–H groups in total. The molecule has 552 valence electrons. The summed E-state index contributed by atoms with van der Waals surface area (Å²) in [4.78, 5) is 29.8. The fourth-order valence-electron chi connectivity index (χ4n) is 14.8. The normalized spacial score (nSPS) is 11.1. The van der Waals surface area contributed by atoms with Crippen molar-refractivity contribution in [3.8, 4) is 113 Å². The van der Waals surface area contributed by atoms with Crippen LogP contribution in [-0.2, 0) is 4.57 Å². The summed E-state index contributed by atoms with van der Waals surface area (Å²) in [5.41, 5.74) is 28.1. The van der Waals surface area contributed by atoms with E-state index in [1.165, 1.54) is 39.0 Å². The predicted octanol–water partition coefficient (Wildman–Crippen LogP) is 26.7. The molecule has 0 aliphatic carbocycles. The lowest BCUT2D eigenvalue weighted by atomic mass is 9.85. The Morgan fingerprint density at radius 2 is 0.362 bits per heavy atom. The lowest BCUT2D eigenvalue weighted by Crippen LogP contribution is -2.03. The highest BCUT2D eigenvalue weighted by molar-refractivity contribution is 7.70. The SMILES string of the molecule is CP(C)(=O)c1cccc(-c2cc(-c3ccc(C(=C(c4ccccc4)c4ccccc4)c4ccccc4)cc3)cc(-c3nc(-c4ccccc4)nc(-c4ccccc4)n3)c2)c1.c1ccc(C(=C(c2ccccc2)c2cccc(-c3ccc(-c4ccc(-c5nc(-c6ccccc6)nc(-c6ccccc6)n5)cc4)cc3)c2)c2ccccc2)cc1. The Kier molecular flexibility index (Phi) is 22.0. The van der Waals surface area contributed by atoms with Crippen molar-refractivity contribution in [3.05, 3.63) is 487 Å². The molecule has 0 fully saturated rings. The molecule has 0 radical (unpaired) electrons. The number of nitrogens with zero attached hydrogens (tertiary/aromatic N) is 6. The quantitative estimate of drug-likeness (QED) is 0.0588. The summed E-state index contributed by atoms with van der Waals surface area (Å²) in [6.07, 6.45) is 0. The Morgan fingerprint density at radius 1 is 0.164 bits per heavy atom. The van der Waals surface area contributed by atoms with Gasteiger partial charge in [-0.05, 0) is 155 Å². The first kappa shape index (κ1) is 74.0. The van der Waals surface area contributed by atoms with Crippen molar-refractivity contribution >= 4 is 34.7 Å². The molecule has 0 saturated heterocycles. The van der Waals surface area contributed by atoms with Crippen LogP contribution in [0, 0.1) is 0 Å². The third-order valence-corrected chi connectivity index (χ3v) is 22.1. The molecule has 7 nitrogen and oxygen atoms in total. The topological polar surface area (TPSA) is 94.4 Å². The first-order chi connectivity index (χ1) is 57.1. The lowest BCUT2D eigenvalue weighted by Gasteiger charge is -2.19. The van der Waals surface area contributed by atoms with Crippen LogP contribution in [0.15, 0.2) is 443 Å². The Labute approximate surface area is 678 Å². The van der Waals surface area contributed by atoms with Crippen molar-refractivity contribution in [2.24, 2.45) is 0 Å². The van der Waals surface area contributed by atoms with E-state index in [0.717, 1.165) is 111 Å². The van der Waals surface area contributed by atoms with Gasteiger partial charge in [-0.15, -0.1) is 0 Å². The van der Waals surface area contributed by atoms with Gasteiger partial charge < -0.3 is 4.57 Å². The molecule has 0 spiro atoms. The van der Waals surface area contributed by atoms with Crippen LogP contribution in [0.25, 0.3) is 135 Å². The maximum atomic E-state index is 13.3. The van der Waals surface area contributed by atoms with E-state index in [1.54, 1.807) is 0 Å². The van der Waals surface area contributed by atoms with Crippen LogP contribution < -0.4 is 5.30 Å². The summed E-state index contributed by atoms with van der Waals surface area (Å²) in [6.45, 7) is 3.63. The predicted molar refractivity (Wildman–Crippen MR) is 482 cm³/mol. The van der Waals surface area contributed by atoms with Crippen LogP contribution in [0.2, 0.25) is 0 Å². The van der Waals surface area contributed by atoms with E-state index in [1.807, 2.05) is 147 Å². The molecule has 18 aromatic rings. The summed E-state index contributed by atoms with van der Waals surface area (Å²) in [5, 5.41) is 0.835. The summed E-state index contributed by atoms with van der Waals surface area (Å²) >= 11 is 0. The molecule has 18 rings (SSSR count). The van der Waals surface area contributed by atoms with Crippen LogP contribution in [0.5, 0.6) is 0 Å². The number of benzene rings is 16. The van der Waals surface area contributed by atoms with Gasteiger partial charge in [0.1, 0.15) is 7.14 Å². The maximum Gasteiger partial charge on any atom is 0.164 e. The Bertz CT molecular complexity index is 6320. The zero-order valence-electron chi connectivity index (χ0n) is 64.2. The molecule has 0 saturated carbocycles. The smallest absolute Gasteiger partial charge is 0.164 e. The highest BCUT2D eigenvalue weighted by atomic mass is 31.2. The van der Waals surface area contributed by atoms with Crippen molar-refractivity contribution in [2.45, 2.75) is 0 Å². The molecule has 2 aromatic heterocycles. The van der Waals surface area contributed by atoms with Gasteiger partial charge in [0.25, 0.3) is 0 Å². The zero-order chi connectivity index (χ0) is 78.4. The largest absolute Gasteiger partial charge is 0.319 e. The van der Waals surface area contributed by atoms with E-state index in [4.69, 9.17) is 29.9 Å². The molecule has 8 heteroatoms. The third-order valence-electron chi connectivity index (χ3n) is 20.6. The second-order valence-corrected chi connectivity index (χ2v) is 32.0. The summed E-state index contributed by atoms with van der Waals surface area (Å²) in [5.74, 6) is 3.72. The van der Waals surface area contributed by atoms with E-state index in [-0.39, 0.29) is 0 Å². The highest BCUT2D eigenvalue weighted by Gasteiger charge is 2.22. The maximum absolute atomic E-state index is 13.3. The average Bonchev–Trinajstić information content (AvgIpc) is 0.797. The van der Waals surface area contributed by atoms with E-state index >= 15 is 0 Å². The summed E-state index contributed by atoms with van der Waals surface area (Å²) in [6, 6.07) is 154. The van der Waals surface area contributed by atoms with Crippen LogP contribution in [-0.4, -0.2) is 43.2 Å². The molecular formula is C108H79N6OP. The van der Waals surface area contributed by atoms with Gasteiger partial charge in [0, 0.05) is 38.7 Å². The van der Waals surface area contributed by atoms with Crippen LogP contribution in [0.1, 0.15) is 44.5 Å². The minimum Gasteiger partial charge on any atom is -0.319 e. The molecule has 0 aliphatic rings. The van der Waals surface area contributed by atoms with E-state index in [0.29, 0.717) is 34.9 Å². The van der Waals surface area contributed by atoms with Gasteiger partial charge in [0.2, 0.25) is 0 Å². The molecule has 0 amide bonds. The van der Waals surface area contributed by atoms with Crippen molar-refractivity contribution in [3.63, 3.8) is 0 Å². The minimum absolute atomic E-state index is 0.569. The van der Waals surface area contributed by atoms with E-state index < -0.39 is 7.14 Å². The fraction of sp³-hybridized carbons (Fsp3) is 0.0185. The van der Waals surface area contributed by atoms with Crippen LogP contribution in [0.3, 0.4) is 0 Å². The van der Waals surface area contributed by atoms with Gasteiger partial charge >= 0.3 is 0 Å². The number of aromatic nitrogens is 6. The average molecular weight is 1510 g/mol. The van der Waals surface area contributed by atoms with Gasteiger partial charge in [-0.2, -0.15) is 0 Å². The van der Waals surface area contributed by atoms with Gasteiger partial charge in [-0.1, -0.05) is 413 Å². The Balaban J connectivity index is 0.000000167. The molecule has 0 unspecified atom stereocenters. The lowest BCUT2D eigenvalue weighted by molar-refractivity contribution is 0.588. The molecule has 2 heterocycles. The highest BCUT2D eigenvalue weighted by Crippen LogP contribution is 2.43. The van der Waals surface area contributed by atoms with Crippen molar-refractivity contribution in [1.82, 2.24) is 29.9 Å². The van der Waals surface area contributed by atoms with Gasteiger partial charge in [-0.25, -0.2) is 29.9 Å². The van der Waals surface area contributed by atoms with Crippen molar-refractivity contribution in [1.29, 1.82) is 0 Å². The third kappa shape index (κ3) is 17.0. The van der Waals surface area contributed by atoms with Gasteiger partial charge in [0.15, 0.2) is 34.9 Å². The molecule has 0 bridgehead atoms. The molecule has 0 aliphatic heterocycles. The van der Waals surface area contributed by atoms with Gasteiger partial charge in [-0.3, -0.25) is 0 Å². The van der Waals surface area contributed by atoms with Gasteiger partial charge in [0.05, 0.1) is 0 Å². The van der Waals surface area contributed by atoms with Crippen LogP contribution >= 0.6 is 7.14 Å². The molecule has 116 heavy (non-hydrogen) atoms. The number of hydrogen-bond donors (Lipinski definition) is 0. The van der Waals surface area contributed by atoms with E-state index in [9.17, 15) is 4.57 Å². The first-order valence-corrected chi connectivity index (χ1v) is 41.5.